The number of nitrogens with one attached hydrogen (secondary N) is 1. The number of anilines is 2. The van der Waals surface area contributed by atoms with E-state index in [0.29, 0.717) is 36.2 Å². The normalized spacial score (nSPS) is 13.3. The number of amides is 2. The first-order valence-corrected chi connectivity index (χ1v) is 8.61. The van der Waals surface area contributed by atoms with Gasteiger partial charge in [-0.15, -0.1) is 0 Å². The van der Waals surface area contributed by atoms with Crippen LogP contribution in [0.15, 0.2) is 53.2 Å². The Hall–Kier alpha value is -3.99. The molecule has 3 aromatic rings. The third-order valence-electron chi connectivity index (χ3n) is 4.44. The summed E-state index contributed by atoms with van der Waals surface area (Å²) in [5.41, 5.74) is 1.59. The Morgan fingerprint density at radius 1 is 1.21 bits per heavy atom. The van der Waals surface area contributed by atoms with Gasteiger partial charge in [0.2, 0.25) is 5.88 Å². The number of aromatic nitrogens is 1. The smallest absolute Gasteiger partial charge is 0.414 e. The molecule has 1 aliphatic heterocycles. The zero-order valence-corrected chi connectivity index (χ0v) is 15.0. The Morgan fingerprint density at radius 2 is 1.93 bits per heavy atom. The number of ether oxygens (including phenoxy) is 1. The minimum Gasteiger partial charge on any atom is -0.447 e. The van der Waals surface area contributed by atoms with Crippen LogP contribution < -0.4 is 10.2 Å². The fourth-order valence-corrected chi connectivity index (χ4v) is 3.11. The van der Waals surface area contributed by atoms with E-state index >= 15 is 0 Å². The van der Waals surface area contributed by atoms with E-state index in [2.05, 4.69) is 11.4 Å². The van der Waals surface area contributed by atoms with Crippen LogP contribution in [0, 0.1) is 18.3 Å². The van der Waals surface area contributed by atoms with Crippen LogP contribution >= 0.6 is 0 Å². The van der Waals surface area contributed by atoms with Gasteiger partial charge in [0.25, 0.3) is 5.91 Å². The van der Waals surface area contributed by atoms with E-state index in [4.69, 9.17) is 9.15 Å². The van der Waals surface area contributed by atoms with E-state index in [9.17, 15) is 14.9 Å². The molecular formula is C20H16N4O4. The van der Waals surface area contributed by atoms with Crippen molar-refractivity contribution in [2.75, 3.05) is 23.4 Å². The van der Waals surface area contributed by atoms with Crippen LogP contribution in [0.3, 0.4) is 0 Å². The quantitative estimate of drug-likeness (QED) is 0.751. The van der Waals surface area contributed by atoms with Crippen LogP contribution in [0.4, 0.5) is 16.2 Å². The van der Waals surface area contributed by atoms with Gasteiger partial charge in [0.15, 0.2) is 0 Å². The number of hydrogen-bond acceptors (Lipinski definition) is 5. The number of nitrogens with zero attached hydrogens (tertiary/aromatic N) is 3. The fourth-order valence-electron chi connectivity index (χ4n) is 3.11. The second kappa shape index (κ2) is 6.96. The predicted octanol–water partition coefficient (Wildman–Crippen LogP) is 3.46. The summed E-state index contributed by atoms with van der Waals surface area (Å²) in [5.74, 6) is 0.219. The van der Waals surface area contributed by atoms with E-state index in [1.807, 2.05) is 0 Å². The first-order valence-electron chi connectivity index (χ1n) is 8.61. The fraction of sp³-hybridized carbons (Fsp3) is 0.150. The first-order chi connectivity index (χ1) is 13.6. The highest BCUT2D eigenvalue weighted by Gasteiger charge is 2.25. The van der Waals surface area contributed by atoms with Gasteiger partial charge in [-0.25, -0.2) is 4.79 Å². The molecule has 2 aromatic heterocycles. The second-order valence-electron chi connectivity index (χ2n) is 6.18. The summed E-state index contributed by atoms with van der Waals surface area (Å²) in [5, 5.41) is 12.3. The molecule has 3 heterocycles. The van der Waals surface area contributed by atoms with Crippen molar-refractivity contribution in [2.45, 2.75) is 6.92 Å². The van der Waals surface area contributed by atoms with Gasteiger partial charge in [0.05, 0.1) is 6.54 Å². The molecule has 8 nitrogen and oxygen atoms in total. The minimum absolute atomic E-state index is 0.169. The van der Waals surface area contributed by atoms with Crippen LogP contribution in [-0.2, 0) is 4.74 Å². The average molecular weight is 376 g/mol. The maximum Gasteiger partial charge on any atom is 0.414 e. The van der Waals surface area contributed by atoms with Crippen molar-refractivity contribution in [3.8, 4) is 12.0 Å². The molecule has 0 aliphatic carbocycles. The maximum absolute atomic E-state index is 12.8. The minimum atomic E-state index is -0.440. The van der Waals surface area contributed by atoms with Crippen LogP contribution in [-0.4, -0.2) is 29.7 Å². The van der Waals surface area contributed by atoms with Crippen molar-refractivity contribution >= 4 is 23.4 Å². The number of carbonyl (C=O) groups excluding carboxylic acids is 2. The summed E-state index contributed by atoms with van der Waals surface area (Å²) in [4.78, 5) is 25.9. The van der Waals surface area contributed by atoms with E-state index in [1.165, 1.54) is 4.90 Å². The maximum atomic E-state index is 12.8. The highest BCUT2D eigenvalue weighted by atomic mass is 16.6. The molecule has 0 spiro atoms. The Morgan fingerprint density at radius 3 is 2.54 bits per heavy atom. The standard InChI is InChI=1S/C20H16N4O4/c1-13-17(16(12-21)19(28-13)23-8-2-3-9-23)18(25)22-14-4-6-15(7-5-14)24-10-11-27-20(24)26/h2-9H,10-11H2,1H3,(H,22,25). The summed E-state index contributed by atoms with van der Waals surface area (Å²) >= 11 is 0. The zero-order chi connectivity index (χ0) is 19.7. The number of aryl methyl sites for hydroxylation is 1. The topological polar surface area (TPSA) is 100 Å². The van der Waals surface area contributed by atoms with Gasteiger partial charge in [0.1, 0.15) is 29.6 Å². The number of carbonyl (C=O) groups is 2. The van der Waals surface area contributed by atoms with Crippen molar-refractivity contribution in [1.82, 2.24) is 4.57 Å². The van der Waals surface area contributed by atoms with Crippen LogP contribution in [0.25, 0.3) is 5.88 Å². The number of nitriles is 1. The number of benzene rings is 1. The predicted molar refractivity (Wildman–Crippen MR) is 101 cm³/mol. The third kappa shape index (κ3) is 2.99. The molecule has 0 bridgehead atoms. The van der Waals surface area contributed by atoms with Gasteiger partial charge < -0.3 is 14.5 Å². The molecule has 28 heavy (non-hydrogen) atoms. The van der Waals surface area contributed by atoms with E-state index in [-0.39, 0.29) is 17.2 Å². The Balaban J connectivity index is 1.57. The van der Waals surface area contributed by atoms with Gasteiger partial charge in [-0.2, -0.15) is 5.26 Å². The molecule has 0 atom stereocenters. The van der Waals surface area contributed by atoms with Gasteiger partial charge in [-0.1, -0.05) is 0 Å². The molecule has 1 aromatic carbocycles. The highest BCUT2D eigenvalue weighted by molar-refractivity contribution is 6.07. The summed E-state index contributed by atoms with van der Waals surface area (Å²) in [6, 6.07) is 12.5. The summed E-state index contributed by atoms with van der Waals surface area (Å²) in [7, 11) is 0. The molecule has 140 valence electrons. The van der Waals surface area contributed by atoms with Gasteiger partial charge in [0, 0.05) is 23.8 Å². The van der Waals surface area contributed by atoms with Crippen molar-refractivity contribution < 1.29 is 18.7 Å². The first kappa shape index (κ1) is 17.4. The van der Waals surface area contributed by atoms with Crippen LogP contribution in [0.2, 0.25) is 0 Å². The summed E-state index contributed by atoms with van der Waals surface area (Å²) in [6.07, 6.45) is 3.09. The number of hydrogen-bond donors (Lipinski definition) is 1. The lowest BCUT2D eigenvalue weighted by Crippen LogP contribution is -2.23. The zero-order valence-electron chi connectivity index (χ0n) is 15.0. The Labute approximate surface area is 160 Å². The van der Waals surface area contributed by atoms with E-state index < -0.39 is 5.91 Å². The molecule has 1 fully saturated rings. The Kier molecular flexibility index (Phi) is 4.33. The summed E-state index contributed by atoms with van der Waals surface area (Å²) < 4.78 is 12.2. The lowest BCUT2D eigenvalue weighted by atomic mass is 10.1. The molecule has 2 amide bonds. The van der Waals surface area contributed by atoms with Gasteiger partial charge >= 0.3 is 6.09 Å². The van der Waals surface area contributed by atoms with Crippen molar-refractivity contribution in [2.24, 2.45) is 0 Å². The van der Waals surface area contributed by atoms with Crippen molar-refractivity contribution in [3.05, 3.63) is 65.7 Å². The molecule has 0 saturated carbocycles. The Bertz CT molecular complexity index is 1070. The highest BCUT2D eigenvalue weighted by Crippen LogP contribution is 2.27. The SMILES string of the molecule is Cc1oc(-n2cccc2)c(C#N)c1C(=O)Nc1ccc(N2CCOC2=O)cc1. The molecule has 1 N–H and O–H groups in total. The molecule has 4 rings (SSSR count). The molecule has 8 heteroatoms. The average Bonchev–Trinajstić information content (AvgIpc) is 3.42. The molecule has 1 aliphatic rings. The van der Waals surface area contributed by atoms with Gasteiger partial charge in [-0.3, -0.25) is 14.3 Å². The van der Waals surface area contributed by atoms with Gasteiger partial charge in [-0.05, 0) is 43.3 Å². The van der Waals surface area contributed by atoms with Crippen LogP contribution in [0.5, 0.6) is 0 Å². The van der Waals surface area contributed by atoms with Crippen molar-refractivity contribution in [3.63, 3.8) is 0 Å². The summed E-state index contributed by atoms with van der Waals surface area (Å²) in [6.45, 7) is 2.50. The number of rotatable bonds is 4. The molecule has 1 saturated heterocycles. The lowest BCUT2D eigenvalue weighted by Gasteiger charge is -2.13. The van der Waals surface area contributed by atoms with Crippen LogP contribution in [0.1, 0.15) is 21.7 Å². The van der Waals surface area contributed by atoms with E-state index in [0.717, 1.165) is 0 Å². The largest absolute Gasteiger partial charge is 0.447 e. The van der Waals surface area contributed by atoms with Crippen molar-refractivity contribution in [1.29, 1.82) is 5.26 Å². The second-order valence-corrected chi connectivity index (χ2v) is 6.18. The molecule has 0 unspecified atom stereocenters. The molecule has 0 radical (unpaired) electrons. The lowest BCUT2D eigenvalue weighted by molar-refractivity contribution is 0.102. The monoisotopic (exact) mass is 376 g/mol. The van der Waals surface area contributed by atoms with E-state index in [1.54, 1.807) is 60.3 Å². The third-order valence-corrected chi connectivity index (χ3v) is 4.44. The molecular weight excluding hydrogens is 360 g/mol. The number of furan rings is 1. The number of cyclic esters (lactones) is 1.